The number of aryl methyl sites for hydroxylation is 1. The van der Waals surface area contributed by atoms with Crippen LogP contribution in [0, 0.1) is 6.92 Å². The van der Waals surface area contributed by atoms with Gasteiger partial charge < -0.3 is 10.6 Å². The molecule has 2 N–H and O–H groups in total. The summed E-state index contributed by atoms with van der Waals surface area (Å²) in [5.41, 5.74) is 3.73. The van der Waals surface area contributed by atoms with Gasteiger partial charge in [-0.2, -0.15) is 0 Å². The Morgan fingerprint density at radius 3 is 2.36 bits per heavy atom. The van der Waals surface area contributed by atoms with Gasteiger partial charge in [-0.3, -0.25) is 9.59 Å². The maximum atomic E-state index is 12.6. The van der Waals surface area contributed by atoms with E-state index in [9.17, 15) is 9.59 Å². The standard InChI is InChI=1S/C18H16N4O2S/c1-11-6-8-13(9-7-11)16-17(25-22-21-16)18(24)20-15-5-3-4-14(10-15)19-12(2)23/h3-10H,1-2H3,(H,19,23)(H,20,24). The molecule has 0 atom stereocenters. The second kappa shape index (κ2) is 7.23. The van der Waals surface area contributed by atoms with Crippen molar-refractivity contribution >= 4 is 34.7 Å². The van der Waals surface area contributed by atoms with E-state index >= 15 is 0 Å². The van der Waals surface area contributed by atoms with Gasteiger partial charge in [-0.05, 0) is 36.7 Å². The van der Waals surface area contributed by atoms with Crippen LogP contribution in [0.4, 0.5) is 11.4 Å². The van der Waals surface area contributed by atoms with Gasteiger partial charge in [-0.15, -0.1) is 5.10 Å². The molecule has 0 fully saturated rings. The Balaban J connectivity index is 1.82. The molecular weight excluding hydrogens is 336 g/mol. The van der Waals surface area contributed by atoms with Crippen molar-refractivity contribution < 1.29 is 9.59 Å². The molecule has 126 valence electrons. The number of carbonyl (C=O) groups excluding carboxylic acids is 2. The molecule has 0 aliphatic rings. The van der Waals surface area contributed by atoms with Crippen molar-refractivity contribution in [3.63, 3.8) is 0 Å². The fourth-order valence-electron chi connectivity index (χ4n) is 2.31. The highest BCUT2D eigenvalue weighted by Crippen LogP contribution is 2.25. The summed E-state index contributed by atoms with van der Waals surface area (Å²) in [6, 6.07) is 14.7. The molecule has 2 amide bonds. The van der Waals surface area contributed by atoms with E-state index < -0.39 is 0 Å². The molecule has 2 aromatic carbocycles. The molecular formula is C18H16N4O2S. The minimum atomic E-state index is -0.287. The van der Waals surface area contributed by atoms with Crippen LogP contribution in [-0.2, 0) is 4.79 Å². The van der Waals surface area contributed by atoms with Crippen molar-refractivity contribution in [2.24, 2.45) is 0 Å². The first-order valence-corrected chi connectivity index (χ1v) is 8.38. The van der Waals surface area contributed by atoms with Gasteiger partial charge >= 0.3 is 0 Å². The number of carbonyl (C=O) groups is 2. The summed E-state index contributed by atoms with van der Waals surface area (Å²) >= 11 is 1.05. The number of anilines is 2. The molecule has 0 aliphatic heterocycles. The molecule has 0 aliphatic carbocycles. The monoisotopic (exact) mass is 352 g/mol. The number of rotatable bonds is 4. The summed E-state index contributed by atoms with van der Waals surface area (Å²) < 4.78 is 3.91. The molecule has 0 saturated carbocycles. The average molecular weight is 352 g/mol. The molecule has 0 saturated heterocycles. The van der Waals surface area contributed by atoms with Crippen LogP contribution in [0.1, 0.15) is 22.2 Å². The Morgan fingerprint density at radius 1 is 1.00 bits per heavy atom. The summed E-state index contributed by atoms with van der Waals surface area (Å²) in [5.74, 6) is -0.456. The third-order valence-electron chi connectivity index (χ3n) is 3.46. The Bertz CT molecular complexity index is 919. The Hall–Kier alpha value is -3.06. The van der Waals surface area contributed by atoms with E-state index in [4.69, 9.17) is 0 Å². The van der Waals surface area contributed by atoms with Crippen molar-refractivity contribution in [2.75, 3.05) is 10.6 Å². The number of nitrogens with one attached hydrogen (secondary N) is 2. The first kappa shape index (κ1) is 16.8. The topological polar surface area (TPSA) is 84.0 Å². The van der Waals surface area contributed by atoms with E-state index in [1.165, 1.54) is 6.92 Å². The molecule has 6 nitrogen and oxygen atoms in total. The van der Waals surface area contributed by atoms with E-state index in [-0.39, 0.29) is 11.8 Å². The molecule has 1 heterocycles. The predicted molar refractivity (Wildman–Crippen MR) is 98.8 cm³/mol. The second-order valence-corrected chi connectivity index (χ2v) is 6.29. The van der Waals surface area contributed by atoms with Crippen LogP contribution < -0.4 is 10.6 Å². The van der Waals surface area contributed by atoms with E-state index in [2.05, 4.69) is 20.2 Å². The minimum Gasteiger partial charge on any atom is -0.326 e. The predicted octanol–water partition coefficient (Wildman–Crippen LogP) is 3.72. The summed E-state index contributed by atoms with van der Waals surface area (Å²) in [7, 11) is 0. The lowest BCUT2D eigenvalue weighted by Gasteiger charge is -2.07. The van der Waals surface area contributed by atoms with Gasteiger partial charge in [0.25, 0.3) is 5.91 Å². The fraction of sp³-hybridized carbons (Fsp3) is 0.111. The Kier molecular flexibility index (Phi) is 4.85. The van der Waals surface area contributed by atoms with Gasteiger partial charge in [0.15, 0.2) is 0 Å². The van der Waals surface area contributed by atoms with Crippen molar-refractivity contribution in [1.29, 1.82) is 0 Å². The molecule has 7 heteroatoms. The van der Waals surface area contributed by atoms with E-state index in [1.54, 1.807) is 24.3 Å². The number of amides is 2. The van der Waals surface area contributed by atoms with Crippen molar-refractivity contribution in [3.05, 3.63) is 59.0 Å². The number of benzene rings is 2. The molecule has 0 spiro atoms. The lowest BCUT2D eigenvalue weighted by molar-refractivity contribution is -0.114. The smallest absolute Gasteiger partial charge is 0.269 e. The Labute approximate surface area is 149 Å². The number of aromatic nitrogens is 2. The molecule has 1 aromatic heterocycles. The Morgan fingerprint density at radius 2 is 1.68 bits per heavy atom. The van der Waals surface area contributed by atoms with Crippen LogP contribution in [0.25, 0.3) is 11.3 Å². The fourth-order valence-corrected chi connectivity index (χ4v) is 2.89. The highest BCUT2D eigenvalue weighted by molar-refractivity contribution is 7.08. The van der Waals surface area contributed by atoms with Crippen LogP contribution in [0.5, 0.6) is 0 Å². The second-order valence-electron chi connectivity index (χ2n) is 5.53. The van der Waals surface area contributed by atoms with Crippen LogP contribution in [0.2, 0.25) is 0 Å². The van der Waals surface area contributed by atoms with Gasteiger partial charge in [0.1, 0.15) is 10.6 Å². The number of hydrogen-bond donors (Lipinski definition) is 2. The quantitative estimate of drug-likeness (QED) is 0.749. The van der Waals surface area contributed by atoms with Gasteiger partial charge in [0.2, 0.25) is 5.91 Å². The molecule has 3 rings (SSSR count). The third-order valence-corrected chi connectivity index (χ3v) is 4.18. The SMILES string of the molecule is CC(=O)Nc1cccc(NC(=O)c2snnc2-c2ccc(C)cc2)c1. The zero-order chi connectivity index (χ0) is 17.8. The maximum absolute atomic E-state index is 12.6. The van der Waals surface area contributed by atoms with Crippen molar-refractivity contribution in [2.45, 2.75) is 13.8 Å². The zero-order valence-electron chi connectivity index (χ0n) is 13.7. The van der Waals surface area contributed by atoms with Crippen LogP contribution in [0.3, 0.4) is 0 Å². The van der Waals surface area contributed by atoms with E-state index in [1.807, 2.05) is 31.2 Å². The first-order valence-electron chi connectivity index (χ1n) is 7.61. The largest absolute Gasteiger partial charge is 0.326 e. The summed E-state index contributed by atoms with van der Waals surface area (Å²) in [6.07, 6.45) is 0. The van der Waals surface area contributed by atoms with Crippen LogP contribution in [0.15, 0.2) is 48.5 Å². The summed E-state index contributed by atoms with van der Waals surface area (Å²) in [5, 5.41) is 9.59. The van der Waals surface area contributed by atoms with Crippen molar-refractivity contribution in [3.8, 4) is 11.3 Å². The highest BCUT2D eigenvalue weighted by Gasteiger charge is 2.18. The van der Waals surface area contributed by atoms with Gasteiger partial charge in [0.05, 0.1) is 0 Å². The zero-order valence-corrected chi connectivity index (χ0v) is 14.6. The van der Waals surface area contributed by atoms with E-state index in [0.717, 1.165) is 22.7 Å². The van der Waals surface area contributed by atoms with Crippen LogP contribution >= 0.6 is 11.5 Å². The van der Waals surface area contributed by atoms with E-state index in [0.29, 0.717) is 21.9 Å². The lowest BCUT2D eigenvalue weighted by atomic mass is 10.1. The number of nitrogens with zero attached hydrogens (tertiary/aromatic N) is 2. The third kappa shape index (κ3) is 4.07. The normalized spacial score (nSPS) is 10.3. The van der Waals surface area contributed by atoms with Gasteiger partial charge in [0, 0.05) is 23.9 Å². The van der Waals surface area contributed by atoms with Crippen molar-refractivity contribution in [1.82, 2.24) is 9.59 Å². The van der Waals surface area contributed by atoms with Gasteiger partial charge in [-0.25, -0.2) is 0 Å². The van der Waals surface area contributed by atoms with Crippen LogP contribution in [-0.4, -0.2) is 21.4 Å². The maximum Gasteiger partial charge on any atom is 0.269 e. The average Bonchev–Trinajstić information content (AvgIpc) is 3.05. The molecule has 0 radical (unpaired) electrons. The minimum absolute atomic E-state index is 0.170. The molecule has 3 aromatic rings. The number of hydrogen-bond acceptors (Lipinski definition) is 5. The highest BCUT2D eigenvalue weighted by atomic mass is 32.1. The molecule has 0 unspecified atom stereocenters. The van der Waals surface area contributed by atoms with Gasteiger partial charge in [-0.1, -0.05) is 40.4 Å². The lowest BCUT2D eigenvalue weighted by Crippen LogP contribution is -2.12. The molecule has 0 bridgehead atoms. The summed E-state index contributed by atoms with van der Waals surface area (Å²) in [4.78, 5) is 24.2. The first-order chi connectivity index (χ1) is 12.0. The summed E-state index contributed by atoms with van der Waals surface area (Å²) in [6.45, 7) is 3.43. The molecule has 25 heavy (non-hydrogen) atoms.